The molecule has 1 saturated heterocycles. The average Bonchev–Trinajstić information content (AvgIpc) is 2.51. The second kappa shape index (κ2) is 7.42. The van der Waals surface area contributed by atoms with Gasteiger partial charge in [0.1, 0.15) is 33.8 Å². The lowest BCUT2D eigenvalue weighted by molar-refractivity contribution is -0.221. The third-order valence-electron chi connectivity index (χ3n) is 3.21. The summed E-state index contributed by atoms with van der Waals surface area (Å²) in [5, 5.41) is 41.7. The minimum atomic E-state index is -1.50. The van der Waals surface area contributed by atoms with Crippen molar-refractivity contribution in [1.82, 2.24) is 9.97 Å². The molecule has 5 unspecified atom stereocenters. The fourth-order valence-electron chi connectivity index (χ4n) is 1.99. The van der Waals surface area contributed by atoms with Gasteiger partial charge in [-0.1, -0.05) is 11.8 Å². The van der Waals surface area contributed by atoms with Gasteiger partial charge in [-0.15, -0.1) is 0 Å². The summed E-state index contributed by atoms with van der Waals surface area (Å²) in [5.74, 6) is 0.179. The van der Waals surface area contributed by atoms with Crippen LogP contribution in [0.25, 0.3) is 0 Å². The molecule has 0 aromatic carbocycles. The number of ether oxygens (including phenoxy) is 1. The molecule has 1 fully saturated rings. The normalized spacial score (nSPS) is 32.0. The van der Waals surface area contributed by atoms with Crippen LogP contribution in [0.3, 0.4) is 0 Å². The van der Waals surface area contributed by atoms with Crippen LogP contribution in [0.2, 0.25) is 0 Å². The zero-order valence-electron chi connectivity index (χ0n) is 11.4. The Kier molecular flexibility index (Phi) is 6.04. The summed E-state index contributed by atoms with van der Waals surface area (Å²) in [7, 11) is 0. The number of H-pyrrole nitrogens is 1. The van der Waals surface area contributed by atoms with E-state index in [2.05, 4.69) is 15.3 Å². The molecule has 2 rings (SSSR count). The monoisotopic (exact) mass is 445 g/mol. The average molecular weight is 445 g/mol. The van der Waals surface area contributed by atoms with Gasteiger partial charge in [-0.05, 0) is 28.8 Å². The van der Waals surface area contributed by atoms with Crippen LogP contribution >= 0.6 is 34.4 Å². The summed E-state index contributed by atoms with van der Waals surface area (Å²) in [6.45, 7) is -0.529. The van der Waals surface area contributed by atoms with Crippen molar-refractivity contribution in [2.45, 2.75) is 35.8 Å². The predicted octanol–water partition coefficient (Wildman–Crippen LogP) is -1.69. The van der Waals surface area contributed by atoms with Crippen LogP contribution in [-0.2, 0) is 4.74 Å². The summed E-state index contributed by atoms with van der Waals surface area (Å²) < 4.78 is 5.58. The van der Waals surface area contributed by atoms with Gasteiger partial charge in [0.05, 0.1) is 6.61 Å². The number of thioether (sulfide) groups is 1. The zero-order valence-corrected chi connectivity index (χ0v) is 14.4. The van der Waals surface area contributed by atoms with Crippen molar-refractivity contribution in [3.63, 3.8) is 0 Å². The molecule has 0 bridgehead atoms. The number of aromatic nitrogens is 2. The van der Waals surface area contributed by atoms with Crippen molar-refractivity contribution in [2.75, 3.05) is 18.2 Å². The first kappa shape index (κ1) is 17.9. The largest absolute Gasteiger partial charge is 0.394 e. The number of rotatable bonds is 4. The molecule has 0 amide bonds. The number of anilines is 1. The molecule has 0 spiro atoms. The molecule has 1 aliphatic heterocycles. The van der Waals surface area contributed by atoms with Crippen molar-refractivity contribution in [1.29, 1.82) is 0 Å². The van der Waals surface area contributed by atoms with Crippen LogP contribution in [0.1, 0.15) is 0 Å². The number of nitrogens with one attached hydrogen (secondary N) is 2. The third kappa shape index (κ3) is 3.55. The standard InChI is InChI=1S/C11H16IN3O6S/c1-22-11-14-8(4(12)9(20)15-11)13-10-7(19)6(18)5(17)3(2-16)21-10/h3,5-7,10,16-19H,2H2,1H3,(H2,13,14,15,20). The van der Waals surface area contributed by atoms with Gasteiger partial charge >= 0.3 is 0 Å². The first-order valence-electron chi connectivity index (χ1n) is 6.30. The molecule has 0 saturated carbocycles. The van der Waals surface area contributed by atoms with Crippen LogP contribution in [0.5, 0.6) is 0 Å². The minimum Gasteiger partial charge on any atom is -0.394 e. The van der Waals surface area contributed by atoms with E-state index >= 15 is 0 Å². The Hall–Kier alpha value is -0.440. The first-order chi connectivity index (χ1) is 10.4. The fraction of sp³-hybridized carbons (Fsp3) is 0.636. The maximum absolute atomic E-state index is 11.8. The first-order valence-corrected chi connectivity index (χ1v) is 8.60. The van der Waals surface area contributed by atoms with Crippen LogP contribution in [0, 0.1) is 3.57 Å². The van der Waals surface area contributed by atoms with Gasteiger partial charge in [0.25, 0.3) is 5.56 Å². The molecule has 6 N–H and O–H groups in total. The lowest BCUT2D eigenvalue weighted by Crippen LogP contribution is -2.60. The highest BCUT2D eigenvalue weighted by Crippen LogP contribution is 2.24. The number of aromatic amines is 1. The number of hydrogen-bond acceptors (Lipinski definition) is 9. The summed E-state index contributed by atoms with van der Waals surface area (Å²) >= 11 is 3.02. The summed E-state index contributed by atoms with van der Waals surface area (Å²) in [4.78, 5) is 18.5. The lowest BCUT2D eigenvalue weighted by Gasteiger charge is -2.40. The number of aliphatic hydroxyl groups excluding tert-OH is 4. The Morgan fingerprint density at radius 3 is 2.64 bits per heavy atom. The van der Waals surface area contributed by atoms with Gasteiger partial charge in [-0.3, -0.25) is 4.79 Å². The van der Waals surface area contributed by atoms with Gasteiger partial charge in [0.15, 0.2) is 11.4 Å². The van der Waals surface area contributed by atoms with Crippen molar-refractivity contribution in [3.05, 3.63) is 13.9 Å². The Bertz CT molecular complexity index is 585. The summed E-state index contributed by atoms with van der Waals surface area (Å²) in [6.07, 6.45) is -4.81. The molecule has 2 heterocycles. The number of hydrogen-bond donors (Lipinski definition) is 6. The van der Waals surface area contributed by atoms with E-state index in [-0.39, 0.29) is 14.9 Å². The molecular formula is C11H16IN3O6S. The molecule has 124 valence electrons. The molecular weight excluding hydrogens is 429 g/mol. The maximum Gasteiger partial charge on any atom is 0.267 e. The van der Waals surface area contributed by atoms with Gasteiger partial charge in [-0.25, -0.2) is 4.98 Å². The second-order valence-corrected chi connectivity index (χ2v) is 6.51. The molecule has 0 radical (unpaired) electrons. The van der Waals surface area contributed by atoms with E-state index < -0.39 is 37.3 Å². The SMILES string of the molecule is CSc1nc(NC2OC(CO)C(O)C(O)C2O)c(I)c(=O)[nH]1. The van der Waals surface area contributed by atoms with Crippen molar-refractivity contribution in [3.8, 4) is 0 Å². The molecule has 5 atom stereocenters. The van der Waals surface area contributed by atoms with Crippen molar-refractivity contribution < 1.29 is 25.2 Å². The van der Waals surface area contributed by atoms with Gasteiger partial charge < -0.3 is 35.5 Å². The second-order valence-electron chi connectivity index (χ2n) is 4.63. The van der Waals surface area contributed by atoms with Crippen LogP contribution in [0.15, 0.2) is 9.95 Å². The van der Waals surface area contributed by atoms with E-state index in [1.807, 2.05) is 0 Å². The Morgan fingerprint density at radius 2 is 2.05 bits per heavy atom. The predicted molar refractivity (Wildman–Crippen MR) is 86.7 cm³/mol. The molecule has 11 heteroatoms. The molecule has 9 nitrogen and oxygen atoms in total. The molecule has 1 aromatic heterocycles. The van der Waals surface area contributed by atoms with Crippen LogP contribution < -0.4 is 10.9 Å². The highest BCUT2D eigenvalue weighted by atomic mass is 127. The van der Waals surface area contributed by atoms with E-state index in [0.29, 0.717) is 5.16 Å². The minimum absolute atomic E-state index is 0.179. The smallest absolute Gasteiger partial charge is 0.267 e. The zero-order chi connectivity index (χ0) is 16.4. The summed E-state index contributed by atoms with van der Waals surface area (Å²) in [5.41, 5.74) is -0.355. The van der Waals surface area contributed by atoms with E-state index in [1.54, 1.807) is 28.8 Å². The topological polar surface area (TPSA) is 148 Å². The van der Waals surface area contributed by atoms with E-state index in [1.165, 1.54) is 11.8 Å². The molecule has 1 aliphatic rings. The van der Waals surface area contributed by atoms with Crippen LogP contribution in [0.4, 0.5) is 5.82 Å². The van der Waals surface area contributed by atoms with Crippen LogP contribution in [-0.4, -0.2) is 73.9 Å². The highest BCUT2D eigenvalue weighted by molar-refractivity contribution is 14.1. The number of aliphatic hydroxyl groups is 4. The van der Waals surface area contributed by atoms with Gasteiger partial charge in [0.2, 0.25) is 0 Å². The van der Waals surface area contributed by atoms with Crippen molar-refractivity contribution in [2.24, 2.45) is 0 Å². The maximum atomic E-state index is 11.8. The highest BCUT2D eigenvalue weighted by Gasteiger charge is 2.43. The quantitative estimate of drug-likeness (QED) is 0.181. The van der Waals surface area contributed by atoms with E-state index in [9.17, 15) is 20.1 Å². The number of nitrogens with zero attached hydrogens (tertiary/aromatic N) is 1. The Labute approximate surface area is 143 Å². The number of halogens is 1. The van der Waals surface area contributed by atoms with Gasteiger partial charge in [-0.2, -0.15) is 0 Å². The third-order valence-corrected chi connectivity index (χ3v) is 4.79. The molecule has 22 heavy (non-hydrogen) atoms. The van der Waals surface area contributed by atoms with E-state index in [4.69, 9.17) is 9.84 Å². The lowest BCUT2D eigenvalue weighted by atomic mass is 9.98. The summed E-state index contributed by atoms with van der Waals surface area (Å²) in [6, 6.07) is 0. The Morgan fingerprint density at radius 1 is 1.36 bits per heavy atom. The van der Waals surface area contributed by atoms with Crippen molar-refractivity contribution >= 4 is 40.2 Å². The van der Waals surface area contributed by atoms with E-state index in [0.717, 1.165) is 0 Å². The van der Waals surface area contributed by atoms with Gasteiger partial charge in [0, 0.05) is 0 Å². The molecule has 0 aliphatic carbocycles. The fourth-order valence-corrected chi connectivity index (χ4v) is 2.77. The Balaban J connectivity index is 2.26. The molecule has 1 aromatic rings.